The summed E-state index contributed by atoms with van der Waals surface area (Å²) in [5.74, 6) is -4.60. The maximum atomic E-state index is 14.7. The lowest BCUT2D eigenvalue weighted by Gasteiger charge is -2.29. The minimum Gasteiger partial charge on any atom is -0.204 e. The highest BCUT2D eigenvalue weighted by Gasteiger charge is 2.25. The Morgan fingerprint density at radius 2 is 1.40 bits per heavy atom. The van der Waals surface area contributed by atoms with Crippen LogP contribution in [0.1, 0.15) is 80.9 Å². The zero-order valence-corrected chi connectivity index (χ0v) is 17.4. The Bertz CT molecular complexity index is 830. The van der Waals surface area contributed by atoms with Gasteiger partial charge in [-0.3, -0.25) is 0 Å². The van der Waals surface area contributed by atoms with Gasteiger partial charge in [-0.05, 0) is 92.0 Å². The molecule has 1 aliphatic rings. The summed E-state index contributed by atoms with van der Waals surface area (Å²) in [6.07, 6.45) is 8.11. The highest BCUT2D eigenvalue weighted by Crippen LogP contribution is 2.39. The second kappa shape index (κ2) is 10.4. The van der Waals surface area contributed by atoms with Gasteiger partial charge in [0.15, 0.2) is 29.1 Å². The molecule has 1 fully saturated rings. The number of hydrogen-bond acceptors (Lipinski definition) is 0. The van der Waals surface area contributed by atoms with Crippen molar-refractivity contribution in [3.8, 4) is 0 Å². The molecule has 0 nitrogen and oxygen atoms in total. The summed E-state index contributed by atoms with van der Waals surface area (Å²) in [5.41, 5.74) is 1.17. The molecule has 0 bridgehead atoms. The van der Waals surface area contributed by atoms with E-state index in [0.29, 0.717) is 48.3 Å². The Morgan fingerprint density at radius 1 is 0.767 bits per heavy atom. The van der Waals surface area contributed by atoms with Crippen molar-refractivity contribution in [3.05, 3.63) is 70.0 Å². The largest absolute Gasteiger partial charge is 0.204 e. The minimum atomic E-state index is -1.48. The highest BCUT2D eigenvalue weighted by atomic mass is 19.2. The van der Waals surface area contributed by atoms with Crippen LogP contribution in [0.2, 0.25) is 0 Å². The average molecular weight is 424 g/mol. The highest BCUT2D eigenvalue weighted by molar-refractivity contribution is 5.29. The molecule has 0 spiro atoms. The van der Waals surface area contributed by atoms with Gasteiger partial charge in [0.1, 0.15) is 0 Å². The molecule has 0 atom stereocenters. The van der Waals surface area contributed by atoms with E-state index in [-0.39, 0.29) is 5.92 Å². The monoisotopic (exact) mass is 424 g/mol. The third-order valence-electron chi connectivity index (χ3n) is 6.38. The molecule has 0 unspecified atom stereocenters. The van der Waals surface area contributed by atoms with Crippen LogP contribution in [-0.4, -0.2) is 0 Å². The van der Waals surface area contributed by atoms with E-state index in [9.17, 15) is 22.0 Å². The lowest BCUT2D eigenvalue weighted by molar-refractivity contribution is 0.302. The number of benzene rings is 2. The summed E-state index contributed by atoms with van der Waals surface area (Å²) in [6.45, 7) is 2.18. The number of halogens is 5. The summed E-state index contributed by atoms with van der Waals surface area (Å²) in [4.78, 5) is 0. The SMILES string of the molecule is CCCC1CCC(c2ccc(CCCCc3cc(F)c(F)c(F)c3)c(F)c2F)CC1. The fourth-order valence-electron chi connectivity index (χ4n) is 4.68. The zero-order valence-electron chi connectivity index (χ0n) is 17.4. The van der Waals surface area contributed by atoms with E-state index in [0.717, 1.165) is 44.2 Å². The van der Waals surface area contributed by atoms with Gasteiger partial charge in [0.2, 0.25) is 0 Å². The summed E-state index contributed by atoms with van der Waals surface area (Å²) >= 11 is 0. The Hall–Kier alpha value is -1.91. The first-order valence-electron chi connectivity index (χ1n) is 11.0. The molecule has 0 saturated heterocycles. The molecule has 1 aliphatic carbocycles. The van der Waals surface area contributed by atoms with Crippen LogP contribution in [0, 0.1) is 35.0 Å². The first-order valence-corrected chi connectivity index (χ1v) is 11.0. The third-order valence-corrected chi connectivity index (χ3v) is 6.38. The molecular weight excluding hydrogens is 395 g/mol. The van der Waals surface area contributed by atoms with Gasteiger partial charge in [0.25, 0.3) is 0 Å². The Morgan fingerprint density at radius 3 is 2.03 bits per heavy atom. The average Bonchev–Trinajstić information content (AvgIpc) is 2.73. The van der Waals surface area contributed by atoms with Crippen molar-refractivity contribution < 1.29 is 22.0 Å². The molecule has 1 saturated carbocycles. The molecule has 0 aromatic heterocycles. The summed E-state index contributed by atoms with van der Waals surface area (Å²) in [6, 6.07) is 5.35. The van der Waals surface area contributed by atoms with Crippen LogP contribution in [0.4, 0.5) is 22.0 Å². The lowest BCUT2D eigenvalue weighted by Crippen LogP contribution is -2.15. The first-order chi connectivity index (χ1) is 14.4. The predicted octanol–water partition coefficient (Wildman–Crippen LogP) is 8.02. The van der Waals surface area contributed by atoms with Gasteiger partial charge >= 0.3 is 0 Å². The molecule has 3 rings (SSSR count). The van der Waals surface area contributed by atoms with E-state index in [1.807, 2.05) is 0 Å². The van der Waals surface area contributed by atoms with Crippen LogP contribution in [0.25, 0.3) is 0 Å². The van der Waals surface area contributed by atoms with E-state index >= 15 is 0 Å². The van der Waals surface area contributed by atoms with Gasteiger partial charge in [-0.25, -0.2) is 22.0 Å². The van der Waals surface area contributed by atoms with Gasteiger partial charge in [-0.2, -0.15) is 0 Å². The number of aryl methyl sites for hydroxylation is 2. The second-order valence-corrected chi connectivity index (χ2v) is 8.53. The van der Waals surface area contributed by atoms with E-state index in [4.69, 9.17) is 0 Å². The summed E-state index contributed by atoms with van der Waals surface area (Å²) in [7, 11) is 0. The van der Waals surface area contributed by atoms with Crippen LogP contribution >= 0.6 is 0 Å². The standard InChI is InChI=1S/C25H29F5/c1-2-5-16-8-10-18(11-9-16)20-13-12-19(23(28)24(20)29)7-4-3-6-17-14-21(26)25(30)22(27)15-17/h12-16,18H,2-11H2,1H3. The van der Waals surface area contributed by atoms with Gasteiger partial charge < -0.3 is 0 Å². The van der Waals surface area contributed by atoms with Crippen molar-refractivity contribution >= 4 is 0 Å². The molecule has 2 aromatic rings. The van der Waals surface area contributed by atoms with Crippen LogP contribution in [0.3, 0.4) is 0 Å². The molecule has 5 heteroatoms. The maximum Gasteiger partial charge on any atom is 0.194 e. The van der Waals surface area contributed by atoms with Crippen LogP contribution in [0.5, 0.6) is 0 Å². The topological polar surface area (TPSA) is 0 Å². The number of rotatable bonds is 8. The number of hydrogen-bond donors (Lipinski definition) is 0. The van der Waals surface area contributed by atoms with Crippen molar-refractivity contribution in [1.29, 1.82) is 0 Å². The fourth-order valence-corrected chi connectivity index (χ4v) is 4.68. The van der Waals surface area contributed by atoms with Crippen molar-refractivity contribution in [3.63, 3.8) is 0 Å². The molecule has 30 heavy (non-hydrogen) atoms. The quantitative estimate of drug-likeness (QED) is 0.229. The molecular formula is C25H29F5. The van der Waals surface area contributed by atoms with Crippen molar-refractivity contribution in [2.24, 2.45) is 5.92 Å². The van der Waals surface area contributed by atoms with Crippen molar-refractivity contribution in [2.75, 3.05) is 0 Å². The lowest BCUT2D eigenvalue weighted by atomic mass is 9.77. The summed E-state index contributed by atoms with van der Waals surface area (Å²) < 4.78 is 68.8. The molecule has 0 amide bonds. The Balaban J connectivity index is 1.54. The molecule has 0 heterocycles. The molecule has 0 N–H and O–H groups in total. The van der Waals surface area contributed by atoms with E-state index < -0.39 is 29.1 Å². The summed E-state index contributed by atoms with van der Waals surface area (Å²) in [5, 5.41) is 0. The first kappa shape index (κ1) is 22.8. The van der Waals surface area contributed by atoms with Crippen LogP contribution < -0.4 is 0 Å². The fraction of sp³-hybridized carbons (Fsp3) is 0.520. The Labute approximate surface area is 175 Å². The molecule has 0 aliphatic heterocycles. The van der Waals surface area contributed by atoms with Crippen molar-refractivity contribution in [2.45, 2.75) is 77.0 Å². The van der Waals surface area contributed by atoms with Crippen molar-refractivity contribution in [1.82, 2.24) is 0 Å². The zero-order chi connectivity index (χ0) is 21.7. The van der Waals surface area contributed by atoms with Gasteiger partial charge in [-0.15, -0.1) is 0 Å². The molecule has 2 aromatic carbocycles. The maximum absolute atomic E-state index is 14.7. The third kappa shape index (κ3) is 5.41. The second-order valence-electron chi connectivity index (χ2n) is 8.53. The van der Waals surface area contributed by atoms with E-state index in [1.54, 1.807) is 12.1 Å². The van der Waals surface area contributed by atoms with Crippen LogP contribution in [-0.2, 0) is 12.8 Å². The minimum absolute atomic E-state index is 0.0879. The van der Waals surface area contributed by atoms with Gasteiger partial charge in [-0.1, -0.05) is 31.9 Å². The predicted molar refractivity (Wildman–Crippen MR) is 109 cm³/mol. The van der Waals surface area contributed by atoms with Crippen LogP contribution in [0.15, 0.2) is 24.3 Å². The smallest absolute Gasteiger partial charge is 0.194 e. The Kier molecular flexibility index (Phi) is 7.90. The van der Waals surface area contributed by atoms with Gasteiger partial charge in [0, 0.05) is 0 Å². The van der Waals surface area contributed by atoms with Gasteiger partial charge in [0.05, 0.1) is 0 Å². The number of unbranched alkanes of at least 4 members (excludes halogenated alkanes) is 1. The van der Waals surface area contributed by atoms with E-state index in [2.05, 4.69) is 6.92 Å². The molecule has 0 radical (unpaired) electrons. The molecule has 164 valence electrons. The normalized spacial score (nSPS) is 19.3. The van der Waals surface area contributed by atoms with E-state index in [1.165, 1.54) is 6.42 Å².